The monoisotopic (exact) mass is 266 g/mol. The second-order valence-electron chi connectivity index (χ2n) is 3.27. The molecule has 1 aromatic heterocycles. The highest BCUT2D eigenvalue weighted by Crippen LogP contribution is 2.32. The van der Waals surface area contributed by atoms with E-state index in [1.807, 2.05) is 25.1 Å². The Morgan fingerprint density at radius 2 is 2.27 bits per heavy atom. The van der Waals surface area contributed by atoms with Gasteiger partial charge in [-0.25, -0.2) is 4.98 Å². The lowest BCUT2D eigenvalue weighted by molar-refractivity contribution is 0.570. The van der Waals surface area contributed by atoms with Gasteiger partial charge in [0.2, 0.25) is 0 Å². The van der Waals surface area contributed by atoms with Gasteiger partial charge in [0.05, 0.1) is 0 Å². The number of hydrogen-bond donors (Lipinski definition) is 1. The fourth-order valence-corrected chi connectivity index (χ4v) is 1.90. The summed E-state index contributed by atoms with van der Waals surface area (Å²) >= 11 is 3.54. The summed E-state index contributed by atoms with van der Waals surface area (Å²) in [5.41, 5.74) is 8.51. The third kappa shape index (κ3) is 1.82. The Morgan fingerprint density at radius 3 is 3.00 bits per heavy atom. The molecule has 15 heavy (non-hydrogen) atoms. The number of oxazole rings is 1. The summed E-state index contributed by atoms with van der Waals surface area (Å²) in [6.45, 7) is 2.41. The van der Waals surface area contributed by atoms with Gasteiger partial charge < -0.3 is 10.2 Å². The number of hydrogen-bond acceptors (Lipinski definition) is 3. The molecule has 78 valence electrons. The van der Waals surface area contributed by atoms with E-state index in [1.165, 1.54) is 6.39 Å². The van der Waals surface area contributed by atoms with E-state index >= 15 is 0 Å². The highest BCUT2D eigenvalue weighted by Gasteiger charge is 2.13. The van der Waals surface area contributed by atoms with Crippen molar-refractivity contribution in [3.05, 3.63) is 40.3 Å². The number of nitrogens with zero attached hydrogens (tertiary/aromatic N) is 1. The zero-order chi connectivity index (χ0) is 10.8. The van der Waals surface area contributed by atoms with Gasteiger partial charge in [-0.15, -0.1) is 0 Å². The van der Waals surface area contributed by atoms with Crippen LogP contribution in [-0.4, -0.2) is 4.98 Å². The molecule has 1 heterocycles. The first-order valence-corrected chi connectivity index (χ1v) is 5.41. The Hall–Kier alpha value is -1.13. The maximum atomic E-state index is 5.58. The molecule has 0 spiro atoms. The van der Waals surface area contributed by atoms with Gasteiger partial charge in [0.25, 0.3) is 0 Å². The number of nitrogens with two attached hydrogens (primary N) is 1. The van der Waals surface area contributed by atoms with Crippen LogP contribution in [0.3, 0.4) is 0 Å². The molecule has 0 aliphatic rings. The molecule has 0 aliphatic heterocycles. The average Bonchev–Trinajstić information content (AvgIpc) is 2.70. The van der Waals surface area contributed by atoms with Gasteiger partial charge in [-0.1, -0.05) is 18.2 Å². The molecule has 2 aromatic rings. The van der Waals surface area contributed by atoms with Crippen LogP contribution < -0.4 is 5.73 Å². The van der Waals surface area contributed by atoms with Crippen LogP contribution in [-0.2, 0) is 6.54 Å². The van der Waals surface area contributed by atoms with Crippen LogP contribution in [0, 0.1) is 6.92 Å². The first-order valence-electron chi connectivity index (χ1n) is 4.62. The maximum absolute atomic E-state index is 5.58. The Morgan fingerprint density at radius 1 is 1.47 bits per heavy atom. The van der Waals surface area contributed by atoms with E-state index in [4.69, 9.17) is 10.2 Å². The summed E-state index contributed by atoms with van der Waals surface area (Å²) in [4.78, 5) is 4.07. The highest BCUT2D eigenvalue weighted by atomic mass is 79.9. The van der Waals surface area contributed by atoms with Gasteiger partial charge in [0.15, 0.2) is 12.2 Å². The van der Waals surface area contributed by atoms with E-state index in [-0.39, 0.29) is 0 Å². The molecule has 1 aromatic carbocycles. The van der Waals surface area contributed by atoms with E-state index in [9.17, 15) is 0 Å². The Bertz CT molecular complexity index is 479. The zero-order valence-electron chi connectivity index (χ0n) is 8.33. The number of benzene rings is 1. The van der Waals surface area contributed by atoms with Crippen molar-refractivity contribution in [2.75, 3.05) is 0 Å². The number of rotatable bonds is 2. The van der Waals surface area contributed by atoms with Crippen LogP contribution >= 0.6 is 15.9 Å². The molecule has 0 amide bonds. The summed E-state index contributed by atoms with van der Waals surface area (Å²) in [6.07, 6.45) is 1.42. The minimum absolute atomic E-state index is 0.381. The second-order valence-corrected chi connectivity index (χ2v) is 4.06. The molecular weight excluding hydrogens is 256 g/mol. The molecule has 0 unspecified atom stereocenters. The number of halogens is 1. The minimum Gasteiger partial charge on any atom is -0.443 e. The first-order chi connectivity index (χ1) is 7.24. The van der Waals surface area contributed by atoms with Crippen molar-refractivity contribution in [1.29, 1.82) is 0 Å². The largest absolute Gasteiger partial charge is 0.443 e. The Labute approximate surface area is 96.4 Å². The van der Waals surface area contributed by atoms with Crippen molar-refractivity contribution in [1.82, 2.24) is 4.98 Å². The topological polar surface area (TPSA) is 52.0 Å². The second kappa shape index (κ2) is 4.16. The van der Waals surface area contributed by atoms with Crippen LogP contribution in [0.15, 0.2) is 33.5 Å². The van der Waals surface area contributed by atoms with Crippen molar-refractivity contribution < 1.29 is 4.42 Å². The number of aryl methyl sites for hydroxylation is 1. The minimum atomic E-state index is 0.381. The van der Waals surface area contributed by atoms with Crippen LogP contribution in [0.4, 0.5) is 0 Å². The lowest BCUT2D eigenvalue weighted by atomic mass is 10.1. The summed E-state index contributed by atoms with van der Waals surface area (Å²) in [5.74, 6) is 0.744. The van der Waals surface area contributed by atoms with Gasteiger partial charge >= 0.3 is 0 Å². The van der Waals surface area contributed by atoms with E-state index < -0.39 is 0 Å². The molecular formula is C11H11BrN2O. The van der Waals surface area contributed by atoms with E-state index in [2.05, 4.69) is 20.9 Å². The van der Waals surface area contributed by atoms with Gasteiger partial charge in [0, 0.05) is 16.6 Å². The van der Waals surface area contributed by atoms with Crippen LogP contribution in [0.2, 0.25) is 0 Å². The lowest BCUT2D eigenvalue weighted by Crippen LogP contribution is -1.98. The van der Waals surface area contributed by atoms with E-state index in [0.29, 0.717) is 6.54 Å². The quantitative estimate of drug-likeness (QED) is 0.910. The molecule has 0 saturated carbocycles. The van der Waals surface area contributed by atoms with Crippen molar-refractivity contribution in [2.45, 2.75) is 13.5 Å². The van der Waals surface area contributed by atoms with Crippen LogP contribution in [0.1, 0.15) is 11.3 Å². The Balaban J connectivity index is 2.59. The molecule has 0 fully saturated rings. The van der Waals surface area contributed by atoms with E-state index in [0.717, 1.165) is 27.1 Å². The van der Waals surface area contributed by atoms with Crippen molar-refractivity contribution in [3.8, 4) is 11.3 Å². The molecule has 3 nitrogen and oxygen atoms in total. The molecule has 0 bridgehead atoms. The normalized spacial score (nSPS) is 10.6. The molecule has 4 heteroatoms. The third-order valence-corrected chi connectivity index (χ3v) is 3.32. The smallest absolute Gasteiger partial charge is 0.181 e. The van der Waals surface area contributed by atoms with Crippen molar-refractivity contribution in [3.63, 3.8) is 0 Å². The molecule has 0 aliphatic carbocycles. The van der Waals surface area contributed by atoms with Gasteiger partial charge in [0.1, 0.15) is 5.69 Å². The fourth-order valence-electron chi connectivity index (χ4n) is 1.46. The average molecular weight is 267 g/mol. The highest BCUT2D eigenvalue weighted by molar-refractivity contribution is 9.10. The third-order valence-electron chi connectivity index (χ3n) is 2.27. The predicted molar refractivity (Wildman–Crippen MR) is 62.3 cm³/mol. The predicted octanol–water partition coefficient (Wildman–Crippen LogP) is 2.87. The molecule has 0 saturated heterocycles. The maximum Gasteiger partial charge on any atom is 0.181 e. The summed E-state index contributed by atoms with van der Waals surface area (Å²) in [7, 11) is 0. The summed E-state index contributed by atoms with van der Waals surface area (Å²) in [6, 6.07) is 6.00. The zero-order valence-corrected chi connectivity index (χ0v) is 9.91. The van der Waals surface area contributed by atoms with Crippen molar-refractivity contribution >= 4 is 15.9 Å². The first kappa shape index (κ1) is 10.4. The van der Waals surface area contributed by atoms with Crippen LogP contribution in [0.25, 0.3) is 11.3 Å². The van der Waals surface area contributed by atoms with Crippen LogP contribution in [0.5, 0.6) is 0 Å². The standard InChI is InChI=1S/C11H11BrN2O/c1-7-3-2-4-8(10(7)12)11-9(5-13)14-6-15-11/h2-4,6H,5,13H2,1H3. The van der Waals surface area contributed by atoms with Gasteiger partial charge in [-0.3, -0.25) is 0 Å². The lowest BCUT2D eigenvalue weighted by Gasteiger charge is -2.04. The molecule has 0 radical (unpaired) electrons. The molecule has 2 N–H and O–H groups in total. The van der Waals surface area contributed by atoms with Gasteiger partial charge in [-0.2, -0.15) is 0 Å². The molecule has 2 rings (SSSR count). The summed E-state index contributed by atoms with van der Waals surface area (Å²) < 4.78 is 6.38. The summed E-state index contributed by atoms with van der Waals surface area (Å²) in [5, 5.41) is 0. The van der Waals surface area contributed by atoms with Gasteiger partial charge in [-0.05, 0) is 28.4 Å². The van der Waals surface area contributed by atoms with Crippen molar-refractivity contribution in [2.24, 2.45) is 5.73 Å². The van der Waals surface area contributed by atoms with E-state index in [1.54, 1.807) is 0 Å². The number of aromatic nitrogens is 1. The molecule has 0 atom stereocenters. The fraction of sp³-hybridized carbons (Fsp3) is 0.182. The SMILES string of the molecule is Cc1cccc(-c2ocnc2CN)c1Br. The Kier molecular flexibility index (Phi) is 2.88.